The molecule has 0 aromatic heterocycles. The number of oxime groups is 4. The molecule has 6 heterocycles. The van der Waals surface area contributed by atoms with E-state index < -0.39 is 46.9 Å². The number of cyclic esters (lactones) is 4. The molecule has 0 radical (unpaired) electrons. The van der Waals surface area contributed by atoms with Crippen molar-refractivity contribution in [2.45, 2.75) is 210 Å². The molecule has 4 aromatic carbocycles. The number of amides is 4. The van der Waals surface area contributed by atoms with Gasteiger partial charge in [-0.25, -0.2) is 19.2 Å². The van der Waals surface area contributed by atoms with Gasteiger partial charge in [0.25, 0.3) is 23.6 Å². The third-order valence-electron chi connectivity index (χ3n) is 21.6. The van der Waals surface area contributed by atoms with Gasteiger partial charge < -0.3 is 108 Å². The van der Waals surface area contributed by atoms with Gasteiger partial charge in [-0.3, -0.25) is 19.2 Å². The summed E-state index contributed by atoms with van der Waals surface area (Å²) in [7, 11) is 0. The molecule has 34 nitrogen and oxygen atoms in total. The minimum absolute atomic E-state index is 0.0343. The molecule has 0 aliphatic carbocycles. The first kappa shape index (κ1) is 117. The molecule has 776 valence electrons. The van der Waals surface area contributed by atoms with E-state index in [9.17, 15) is 79.2 Å². The van der Waals surface area contributed by atoms with Crippen molar-refractivity contribution >= 4 is 117 Å². The number of rotatable bonds is 20. The molecule has 4 amide bonds. The van der Waals surface area contributed by atoms with E-state index in [0.717, 1.165) is 75.6 Å². The van der Waals surface area contributed by atoms with Gasteiger partial charge in [-0.2, -0.15) is 0 Å². The third-order valence-corrected chi connectivity index (χ3v) is 23.3. The molecule has 0 spiro atoms. The molecule has 38 heteroatoms. The summed E-state index contributed by atoms with van der Waals surface area (Å²) in [5.41, 5.74) is 1.46. The number of fused-ring (bicyclic) bond motifs is 4. The third kappa shape index (κ3) is 39.7. The first-order valence-electron chi connectivity index (χ1n) is 47.8. The average molecular weight is 2060 g/mol. The summed E-state index contributed by atoms with van der Waals surface area (Å²) < 4.78 is 32.5. The number of allylic oxidation sites excluding steroid dienone is 12. The second-order valence-electron chi connectivity index (χ2n) is 36.2. The Morgan fingerprint density at radius 1 is 0.331 bits per heavy atom. The number of ether oxygens (including phenoxy) is 6. The number of aromatic hydroxyl groups is 8. The van der Waals surface area contributed by atoms with Crippen molar-refractivity contribution < 1.29 is 127 Å². The van der Waals surface area contributed by atoms with Crippen LogP contribution in [0.1, 0.15) is 224 Å². The number of halogens is 4. The van der Waals surface area contributed by atoms with Crippen LogP contribution in [0.25, 0.3) is 0 Å². The molecule has 4 unspecified atom stereocenters. The number of benzene rings is 4. The lowest BCUT2D eigenvalue weighted by Gasteiger charge is -2.35. The number of carbonyl (C=O) groups excluding carboxylic acids is 8. The van der Waals surface area contributed by atoms with Crippen LogP contribution in [0.5, 0.6) is 46.0 Å². The van der Waals surface area contributed by atoms with Gasteiger partial charge in [0.2, 0.25) is 0 Å². The summed E-state index contributed by atoms with van der Waals surface area (Å²) in [6, 6.07) is 4.01. The second-order valence-corrected chi connectivity index (χ2v) is 37.8. The van der Waals surface area contributed by atoms with Crippen molar-refractivity contribution in [2.75, 3.05) is 105 Å². The van der Waals surface area contributed by atoms with Crippen LogP contribution in [0.4, 0.5) is 0 Å². The monoisotopic (exact) mass is 2050 g/mol. The predicted molar refractivity (Wildman–Crippen MR) is 543 cm³/mol. The standard InChI is InChI=1S/2C27H37ClN2O6.2C25H31ClN2O7/c2*1-18(2)15-30(16-19(3)4)24(33)17-36-29-20-11-9-7-5-6-8-10-12-35-27(34)25-21(13-20)26(28)23(32)14-22(25)31;2*1-16-13-28(14-17(2)35-16)22(31)15-34-27-18-9-7-5-3-4-6-8-10-33-25(32)23-19(11-18)24(26)21(30)12-20(23)29/h2*6,8-9,11,14,18-19,31-32H,5,7,10,12-13,15-17H2,1-4H3;2*4,6-7,9,12,16-17,29-30H,3,5,8,10-11,13-15H2,1-2H3/b8-6+,11-9+,29-20+;8-6+,11-9+,29-20-;6-4+,9-7+,27-18+;6-4+,9-7+,27-18-. The van der Waals surface area contributed by atoms with Gasteiger partial charge in [0, 0.05) is 102 Å². The Morgan fingerprint density at radius 2 is 0.535 bits per heavy atom. The molecular weight excluding hydrogens is 1920 g/mol. The van der Waals surface area contributed by atoms with Gasteiger partial charge in [0.15, 0.2) is 26.4 Å². The van der Waals surface area contributed by atoms with Gasteiger partial charge in [-0.15, -0.1) is 0 Å². The van der Waals surface area contributed by atoms with Crippen LogP contribution in [0.3, 0.4) is 0 Å². The predicted octanol–water partition coefficient (Wildman–Crippen LogP) is 18.0. The van der Waals surface area contributed by atoms with E-state index >= 15 is 0 Å². The Kier molecular flexibility index (Phi) is 50.2. The van der Waals surface area contributed by atoms with E-state index in [1.165, 1.54) is 0 Å². The maximum Gasteiger partial charge on any atom is 0.342 e. The highest BCUT2D eigenvalue weighted by Gasteiger charge is 2.33. The lowest BCUT2D eigenvalue weighted by molar-refractivity contribution is -0.148. The zero-order valence-electron chi connectivity index (χ0n) is 82.8. The lowest BCUT2D eigenvalue weighted by Crippen LogP contribution is -2.49. The van der Waals surface area contributed by atoms with Crippen molar-refractivity contribution in [1.29, 1.82) is 0 Å². The zero-order chi connectivity index (χ0) is 104. The van der Waals surface area contributed by atoms with Crippen molar-refractivity contribution in [2.24, 2.45) is 44.3 Å². The summed E-state index contributed by atoms with van der Waals surface area (Å²) in [5.74, 6) is -5.88. The highest BCUT2D eigenvalue weighted by atomic mass is 35.5. The summed E-state index contributed by atoms with van der Waals surface area (Å²) in [4.78, 5) is 130. The smallest absolute Gasteiger partial charge is 0.342 e. The normalized spacial score (nSPS) is 21.2. The fourth-order valence-electron chi connectivity index (χ4n) is 15.4. The van der Waals surface area contributed by atoms with Gasteiger partial charge in [-0.1, -0.05) is 195 Å². The van der Waals surface area contributed by atoms with Gasteiger partial charge in [-0.05, 0) is 175 Å². The van der Waals surface area contributed by atoms with Crippen molar-refractivity contribution in [1.82, 2.24) is 19.6 Å². The van der Waals surface area contributed by atoms with Crippen molar-refractivity contribution in [3.63, 3.8) is 0 Å². The first-order valence-corrected chi connectivity index (χ1v) is 49.3. The molecule has 8 N–H and O–H groups in total. The number of esters is 4. The summed E-state index contributed by atoms with van der Waals surface area (Å²) >= 11 is 25.3. The Morgan fingerprint density at radius 3 is 0.754 bits per heavy atom. The number of hydrogen-bond donors (Lipinski definition) is 8. The van der Waals surface area contributed by atoms with E-state index in [-0.39, 0.29) is 214 Å². The first-order chi connectivity index (χ1) is 67.7. The van der Waals surface area contributed by atoms with Crippen LogP contribution < -0.4 is 0 Å². The lowest BCUT2D eigenvalue weighted by atomic mass is 9.99. The largest absolute Gasteiger partial charge is 0.507 e. The number of carbonyl (C=O) groups is 8. The topological polar surface area (TPSA) is 453 Å². The average Bonchev–Trinajstić information content (AvgIpc) is 0.805. The van der Waals surface area contributed by atoms with Crippen molar-refractivity contribution in [3.05, 3.63) is 186 Å². The van der Waals surface area contributed by atoms with Crippen LogP contribution >= 0.6 is 46.4 Å². The molecule has 2 saturated heterocycles. The fourth-order valence-corrected chi connectivity index (χ4v) is 16.3. The maximum absolute atomic E-state index is 12.8. The molecule has 4 atom stereocenters. The molecule has 0 bridgehead atoms. The van der Waals surface area contributed by atoms with E-state index in [4.69, 9.17) is 94.2 Å². The van der Waals surface area contributed by atoms with Crippen molar-refractivity contribution in [3.8, 4) is 46.0 Å². The van der Waals surface area contributed by atoms with Crippen LogP contribution in [-0.2, 0) is 92.6 Å². The number of nitrogens with zero attached hydrogens (tertiary/aromatic N) is 8. The van der Waals surface area contributed by atoms with Crippen LogP contribution in [0, 0.1) is 23.7 Å². The highest BCUT2D eigenvalue weighted by molar-refractivity contribution is 6.35. The Balaban J connectivity index is 0.000000257. The van der Waals surface area contributed by atoms with E-state index in [2.05, 4.69) is 20.6 Å². The minimum atomic E-state index is -0.764. The zero-order valence-corrected chi connectivity index (χ0v) is 85.8. The Labute approximate surface area is 850 Å². The summed E-state index contributed by atoms with van der Waals surface area (Å²) in [6.07, 6.45) is 37.8. The van der Waals surface area contributed by atoms with Crippen LogP contribution in [-0.4, -0.2) is 260 Å². The number of phenolic OH excluding ortho intramolecular Hbond substituents is 8. The highest BCUT2D eigenvalue weighted by Crippen LogP contribution is 2.42. The molecular formula is C104H136Cl4N8O26. The Bertz CT molecular complexity index is 4970. The molecule has 142 heavy (non-hydrogen) atoms. The number of morpholine rings is 2. The molecule has 6 aliphatic heterocycles. The van der Waals surface area contributed by atoms with Crippen LogP contribution in [0.15, 0.2) is 142 Å². The van der Waals surface area contributed by atoms with E-state index in [0.29, 0.717) is 125 Å². The van der Waals surface area contributed by atoms with Gasteiger partial charge in [0.1, 0.15) is 68.2 Å². The molecule has 4 aromatic rings. The van der Waals surface area contributed by atoms with E-state index in [1.807, 2.05) is 156 Å². The molecule has 2 fully saturated rings. The second kappa shape index (κ2) is 61.0. The number of hydrogen-bond acceptors (Lipinski definition) is 30. The number of phenols is 8. The minimum Gasteiger partial charge on any atom is -0.507 e. The Hall–Kier alpha value is -12.1. The van der Waals surface area contributed by atoms with E-state index in [1.54, 1.807) is 43.9 Å². The van der Waals surface area contributed by atoms with Gasteiger partial charge >= 0.3 is 23.9 Å². The molecule has 6 aliphatic rings. The maximum atomic E-state index is 12.8. The summed E-state index contributed by atoms with van der Waals surface area (Å²) in [6.45, 7) is 27.9. The SMILES string of the molecule is CC(C)CN(CC(C)C)C(=O)CO/N=C1/C=C/CC/C=C/CCOC(=O)c2c(O)cc(O)c(Cl)c2C1.CC(C)CN(CC(C)C)C(=O)CO/N=C1\C=C\CC/C=C/CCOC(=O)c2c(O)cc(O)c(Cl)c2C1.CC1CN(C(=O)CO/N=C2/C=C/CC/C=C/CCOC(=O)c3c(O)cc(O)c(Cl)c3C2)CC(C)O1.CC1CN(C(=O)CO/N=C2\C=C\CC/C=C/CCOC(=O)c3c(O)cc(O)c(Cl)c3C2)CC(C)O1. The molecule has 10 rings (SSSR count). The quantitative estimate of drug-likeness (QED) is 0.0176. The molecule has 0 saturated carbocycles. The van der Waals surface area contributed by atoms with Gasteiger partial charge in [0.05, 0.1) is 93.8 Å². The summed E-state index contributed by atoms with van der Waals surface area (Å²) in [5, 5.41) is 98.3. The van der Waals surface area contributed by atoms with Crippen LogP contribution in [0.2, 0.25) is 20.1 Å². The fraction of sp³-hybridized carbons (Fsp3) is 0.500.